The number of aromatic nitrogens is 1. The quantitative estimate of drug-likeness (QED) is 0.772. The number of carbonyl (C=O) groups is 1. The summed E-state index contributed by atoms with van der Waals surface area (Å²) < 4.78 is 0. The summed E-state index contributed by atoms with van der Waals surface area (Å²) in [6.45, 7) is 1.24. The molecular formula is C14H13N3O. The molecule has 1 aliphatic heterocycles. The topological polar surface area (TPSA) is 59.2 Å². The third-order valence-corrected chi connectivity index (χ3v) is 3.12. The predicted octanol–water partition coefficient (Wildman–Crippen LogP) is 1.82. The molecule has 18 heavy (non-hydrogen) atoms. The van der Waals surface area contributed by atoms with Gasteiger partial charge in [-0.3, -0.25) is 9.78 Å². The Kier molecular flexibility index (Phi) is 2.48. The van der Waals surface area contributed by atoms with E-state index in [9.17, 15) is 4.79 Å². The van der Waals surface area contributed by atoms with E-state index < -0.39 is 0 Å². The lowest BCUT2D eigenvalue weighted by molar-refractivity contribution is 0.0745. The molecule has 2 heterocycles. The molecule has 0 saturated heterocycles. The van der Waals surface area contributed by atoms with Gasteiger partial charge < -0.3 is 10.6 Å². The van der Waals surface area contributed by atoms with Gasteiger partial charge >= 0.3 is 0 Å². The van der Waals surface area contributed by atoms with Crippen molar-refractivity contribution in [1.82, 2.24) is 9.88 Å². The Morgan fingerprint density at radius 3 is 2.78 bits per heavy atom. The number of benzene rings is 1. The first kappa shape index (κ1) is 10.8. The monoisotopic (exact) mass is 239 g/mol. The van der Waals surface area contributed by atoms with Crippen LogP contribution in [0.3, 0.4) is 0 Å². The Morgan fingerprint density at radius 1 is 1.17 bits per heavy atom. The van der Waals surface area contributed by atoms with Gasteiger partial charge in [-0.1, -0.05) is 12.1 Å². The summed E-state index contributed by atoms with van der Waals surface area (Å²) in [4.78, 5) is 18.1. The Bertz CT molecular complexity index is 595. The smallest absolute Gasteiger partial charge is 0.273 e. The molecule has 2 N–H and O–H groups in total. The number of nitrogen functional groups attached to an aromatic ring is 1. The van der Waals surface area contributed by atoms with Crippen LogP contribution in [0, 0.1) is 0 Å². The van der Waals surface area contributed by atoms with Crippen molar-refractivity contribution in [2.24, 2.45) is 0 Å². The van der Waals surface area contributed by atoms with Crippen LogP contribution in [-0.4, -0.2) is 15.8 Å². The molecule has 1 aromatic carbocycles. The summed E-state index contributed by atoms with van der Waals surface area (Å²) in [6.07, 6.45) is 1.63. The minimum atomic E-state index is -0.0367. The molecule has 0 spiro atoms. The first-order valence-electron chi connectivity index (χ1n) is 5.81. The number of carbonyl (C=O) groups excluding carboxylic acids is 1. The molecule has 0 bridgehead atoms. The maximum atomic E-state index is 12.2. The third kappa shape index (κ3) is 1.82. The van der Waals surface area contributed by atoms with Crippen molar-refractivity contribution in [3.05, 3.63) is 59.4 Å². The second kappa shape index (κ2) is 4.14. The van der Waals surface area contributed by atoms with Gasteiger partial charge in [0.05, 0.1) is 0 Å². The predicted molar refractivity (Wildman–Crippen MR) is 68.7 cm³/mol. The van der Waals surface area contributed by atoms with Crippen LogP contribution in [0.25, 0.3) is 0 Å². The fourth-order valence-electron chi connectivity index (χ4n) is 2.21. The third-order valence-electron chi connectivity index (χ3n) is 3.12. The fourth-order valence-corrected chi connectivity index (χ4v) is 2.21. The van der Waals surface area contributed by atoms with Crippen LogP contribution >= 0.6 is 0 Å². The van der Waals surface area contributed by atoms with Crippen molar-refractivity contribution in [1.29, 1.82) is 0 Å². The maximum Gasteiger partial charge on any atom is 0.273 e. The van der Waals surface area contributed by atoms with Gasteiger partial charge in [0.15, 0.2) is 0 Å². The number of nitrogens with zero attached hydrogens (tertiary/aromatic N) is 2. The molecule has 1 aromatic heterocycles. The van der Waals surface area contributed by atoms with Gasteiger partial charge in [0.2, 0.25) is 0 Å². The summed E-state index contributed by atoms with van der Waals surface area (Å²) in [5, 5.41) is 0. The molecule has 2 aromatic rings. The molecule has 4 heteroatoms. The Labute approximate surface area is 105 Å². The number of hydrogen-bond donors (Lipinski definition) is 1. The van der Waals surface area contributed by atoms with Crippen molar-refractivity contribution in [2.75, 3.05) is 5.73 Å². The average molecular weight is 239 g/mol. The number of hydrogen-bond acceptors (Lipinski definition) is 3. The zero-order valence-electron chi connectivity index (χ0n) is 9.84. The minimum absolute atomic E-state index is 0.0367. The van der Waals surface area contributed by atoms with Gasteiger partial charge in [0.1, 0.15) is 5.69 Å². The molecule has 0 radical (unpaired) electrons. The van der Waals surface area contributed by atoms with E-state index >= 15 is 0 Å². The van der Waals surface area contributed by atoms with Gasteiger partial charge in [0, 0.05) is 25.0 Å². The normalized spacial score (nSPS) is 13.4. The van der Waals surface area contributed by atoms with Crippen LogP contribution in [-0.2, 0) is 13.1 Å². The number of fused-ring (bicyclic) bond motifs is 1. The van der Waals surface area contributed by atoms with E-state index in [-0.39, 0.29) is 5.91 Å². The van der Waals surface area contributed by atoms with Crippen molar-refractivity contribution in [3.8, 4) is 0 Å². The van der Waals surface area contributed by atoms with Crippen LogP contribution in [0.1, 0.15) is 21.6 Å². The number of rotatable bonds is 1. The van der Waals surface area contributed by atoms with Gasteiger partial charge in [-0.25, -0.2) is 0 Å². The van der Waals surface area contributed by atoms with E-state index in [0.717, 1.165) is 16.8 Å². The number of pyridine rings is 1. The van der Waals surface area contributed by atoms with E-state index in [4.69, 9.17) is 5.73 Å². The molecular weight excluding hydrogens is 226 g/mol. The van der Waals surface area contributed by atoms with E-state index in [0.29, 0.717) is 18.8 Å². The van der Waals surface area contributed by atoms with Crippen LogP contribution in [0.2, 0.25) is 0 Å². The minimum Gasteiger partial charge on any atom is -0.399 e. The zero-order chi connectivity index (χ0) is 12.5. The molecule has 1 amide bonds. The second-order valence-corrected chi connectivity index (χ2v) is 4.40. The highest BCUT2D eigenvalue weighted by molar-refractivity contribution is 5.92. The SMILES string of the molecule is Nc1ccc2c(c1)CN(C(=O)c1ccccn1)C2. The summed E-state index contributed by atoms with van der Waals surface area (Å²) in [7, 11) is 0. The number of anilines is 1. The highest BCUT2D eigenvalue weighted by atomic mass is 16.2. The Balaban J connectivity index is 1.84. The first-order valence-corrected chi connectivity index (χ1v) is 5.81. The van der Waals surface area contributed by atoms with Gasteiger partial charge in [-0.05, 0) is 35.4 Å². The highest BCUT2D eigenvalue weighted by Crippen LogP contribution is 2.25. The Hall–Kier alpha value is -2.36. The van der Waals surface area contributed by atoms with Crippen LogP contribution < -0.4 is 5.73 Å². The van der Waals surface area contributed by atoms with Gasteiger partial charge in [-0.15, -0.1) is 0 Å². The first-order chi connectivity index (χ1) is 8.74. The molecule has 4 nitrogen and oxygen atoms in total. The maximum absolute atomic E-state index is 12.2. The van der Waals surface area contributed by atoms with E-state index in [1.54, 1.807) is 23.2 Å². The molecule has 90 valence electrons. The largest absolute Gasteiger partial charge is 0.399 e. The van der Waals surface area contributed by atoms with Crippen molar-refractivity contribution >= 4 is 11.6 Å². The lowest BCUT2D eigenvalue weighted by atomic mass is 10.1. The second-order valence-electron chi connectivity index (χ2n) is 4.40. The summed E-state index contributed by atoms with van der Waals surface area (Å²) >= 11 is 0. The van der Waals surface area contributed by atoms with Crippen molar-refractivity contribution < 1.29 is 4.79 Å². The molecule has 3 rings (SSSR count). The van der Waals surface area contributed by atoms with Crippen LogP contribution in [0.5, 0.6) is 0 Å². The van der Waals surface area contributed by atoms with E-state index in [1.807, 2.05) is 24.3 Å². The fraction of sp³-hybridized carbons (Fsp3) is 0.143. The lowest BCUT2D eigenvalue weighted by Crippen LogP contribution is -2.26. The molecule has 0 aliphatic carbocycles. The molecule has 0 saturated carbocycles. The standard InChI is InChI=1S/C14H13N3O/c15-12-5-4-10-8-17(9-11(10)7-12)14(18)13-3-1-2-6-16-13/h1-7H,8-9,15H2. The highest BCUT2D eigenvalue weighted by Gasteiger charge is 2.24. The average Bonchev–Trinajstić information content (AvgIpc) is 2.81. The van der Waals surface area contributed by atoms with Crippen molar-refractivity contribution in [3.63, 3.8) is 0 Å². The molecule has 0 unspecified atom stereocenters. The van der Waals surface area contributed by atoms with E-state index in [2.05, 4.69) is 4.98 Å². The molecule has 0 atom stereocenters. The summed E-state index contributed by atoms with van der Waals surface area (Å²) in [5.74, 6) is -0.0367. The number of amides is 1. The Morgan fingerprint density at radius 2 is 2.00 bits per heavy atom. The molecule has 1 aliphatic rings. The number of nitrogens with two attached hydrogens (primary N) is 1. The lowest BCUT2D eigenvalue weighted by Gasteiger charge is -2.14. The van der Waals surface area contributed by atoms with Gasteiger partial charge in [-0.2, -0.15) is 0 Å². The zero-order valence-corrected chi connectivity index (χ0v) is 9.84. The van der Waals surface area contributed by atoms with Gasteiger partial charge in [0.25, 0.3) is 5.91 Å². The summed E-state index contributed by atoms with van der Waals surface area (Å²) in [5.41, 5.74) is 9.25. The molecule has 0 fully saturated rings. The van der Waals surface area contributed by atoms with Crippen molar-refractivity contribution in [2.45, 2.75) is 13.1 Å². The van der Waals surface area contributed by atoms with E-state index in [1.165, 1.54) is 0 Å². The summed E-state index contributed by atoms with van der Waals surface area (Å²) in [6, 6.07) is 11.1. The van der Waals surface area contributed by atoms with Crippen LogP contribution in [0.4, 0.5) is 5.69 Å². The van der Waals surface area contributed by atoms with Crippen LogP contribution in [0.15, 0.2) is 42.6 Å².